The van der Waals surface area contributed by atoms with E-state index >= 15 is 0 Å². The van der Waals surface area contributed by atoms with Gasteiger partial charge in [-0.05, 0) is 33.1 Å². The van der Waals surface area contributed by atoms with Gasteiger partial charge in [-0.2, -0.15) is 0 Å². The second kappa shape index (κ2) is 13.9. The van der Waals surface area contributed by atoms with E-state index in [1.54, 1.807) is 18.8 Å². The van der Waals surface area contributed by atoms with E-state index in [-0.39, 0.29) is 0 Å². The van der Waals surface area contributed by atoms with Gasteiger partial charge in [0, 0.05) is 20.3 Å². The van der Waals surface area contributed by atoms with Gasteiger partial charge in [0.15, 0.2) is 0 Å². The van der Waals surface area contributed by atoms with Gasteiger partial charge >= 0.3 is 14.4 Å². The molecule has 0 aliphatic heterocycles. The Hall–Kier alpha value is -1.28. The van der Waals surface area contributed by atoms with Crippen LogP contribution in [0.25, 0.3) is 0 Å². The summed E-state index contributed by atoms with van der Waals surface area (Å²) in [5.41, 5.74) is -1.58. The molecule has 0 aromatic rings. The molecule has 0 spiro atoms. The number of rotatable bonds is 15. The molecule has 0 saturated carbocycles. The topological polar surface area (TPSA) is 55.4 Å². The fourth-order valence-electron chi connectivity index (χ4n) is 1.84. The summed E-state index contributed by atoms with van der Waals surface area (Å²) < 4.78 is 35.1. The lowest BCUT2D eigenvalue weighted by Gasteiger charge is -2.39. The Morgan fingerprint density at radius 3 is 1.28 bits per heavy atom. The van der Waals surface area contributed by atoms with Crippen molar-refractivity contribution in [1.82, 2.24) is 0 Å². The molecular formula is C18H34O6Si. The number of methoxy groups -OCH3 is 1. The number of hydrogen-bond donors (Lipinski definition) is 0. The van der Waals surface area contributed by atoms with Gasteiger partial charge in [0.25, 0.3) is 0 Å². The molecule has 0 atom stereocenters. The third kappa shape index (κ3) is 7.23. The van der Waals surface area contributed by atoms with Crippen LogP contribution in [0.3, 0.4) is 0 Å². The molecule has 0 aliphatic rings. The lowest BCUT2D eigenvalue weighted by molar-refractivity contribution is -0.341. The average Bonchev–Trinajstić information content (AvgIpc) is 2.61. The van der Waals surface area contributed by atoms with Crippen molar-refractivity contribution >= 4 is 8.80 Å². The highest BCUT2D eigenvalue weighted by molar-refractivity contribution is 6.63. The summed E-state index contributed by atoms with van der Waals surface area (Å²) in [5, 5.41) is 0. The molecular weight excluding hydrogens is 340 g/mol. The first kappa shape index (κ1) is 23.7. The highest BCUT2D eigenvalue weighted by Gasteiger charge is 2.72. The zero-order valence-electron chi connectivity index (χ0n) is 16.4. The van der Waals surface area contributed by atoms with Crippen molar-refractivity contribution in [2.24, 2.45) is 0 Å². The molecule has 0 saturated heterocycles. The normalized spacial score (nSPS) is 15.1. The summed E-state index contributed by atoms with van der Waals surface area (Å²) in [7, 11) is -2.17. The third-order valence-electron chi connectivity index (χ3n) is 2.98. The zero-order chi connectivity index (χ0) is 19.0. The summed E-state index contributed by atoms with van der Waals surface area (Å²) in [6, 6.07) is 0. The smallest absolute Gasteiger partial charge is 0.486 e. The van der Waals surface area contributed by atoms with Crippen molar-refractivity contribution in [3.8, 4) is 0 Å². The first-order valence-electron chi connectivity index (χ1n) is 8.93. The quantitative estimate of drug-likeness (QED) is 0.236. The van der Waals surface area contributed by atoms with Crippen molar-refractivity contribution in [3.05, 3.63) is 37.0 Å². The van der Waals surface area contributed by atoms with Crippen LogP contribution in [0.15, 0.2) is 37.0 Å². The molecule has 6 nitrogen and oxygen atoms in total. The van der Waals surface area contributed by atoms with Crippen molar-refractivity contribution in [2.75, 3.05) is 20.3 Å². The van der Waals surface area contributed by atoms with E-state index in [9.17, 15) is 0 Å². The van der Waals surface area contributed by atoms with Crippen molar-refractivity contribution in [2.45, 2.75) is 59.5 Å². The van der Waals surface area contributed by atoms with Gasteiger partial charge in [-0.1, -0.05) is 39.0 Å². The molecule has 0 fully saturated rings. The lowest BCUT2D eigenvalue weighted by Crippen LogP contribution is -2.67. The molecule has 146 valence electrons. The second-order valence-electron chi connectivity index (χ2n) is 4.88. The SMILES string of the molecule is CCC=CO[Si](OC=CCC)(OC=CCC)C(OC)(OCC)OCC. The van der Waals surface area contributed by atoms with Crippen LogP contribution in [-0.4, -0.2) is 34.7 Å². The molecule has 0 N–H and O–H groups in total. The highest BCUT2D eigenvalue weighted by atomic mass is 28.4. The Morgan fingerprint density at radius 2 is 1.04 bits per heavy atom. The molecule has 0 bridgehead atoms. The van der Waals surface area contributed by atoms with E-state index < -0.39 is 14.4 Å². The van der Waals surface area contributed by atoms with Crippen LogP contribution in [0, 0.1) is 0 Å². The Kier molecular flexibility index (Phi) is 13.2. The van der Waals surface area contributed by atoms with E-state index in [0.717, 1.165) is 19.3 Å². The van der Waals surface area contributed by atoms with Crippen LogP contribution in [0.2, 0.25) is 0 Å². The van der Waals surface area contributed by atoms with E-state index in [0.29, 0.717) is 13.2 Å². The van der Waals surface area contributed by atoms with Crippen LogP contribution in [0.5, 0.6) is 0 Å². The Labute approximate surface area is 153 Å². The maximum atomic E-state index is 5.96. The minimum absolute atomic E-state index is 0.338. The molecule has 0 aromatic carbocycles. The summed E-state index contributed by atoms with van der Waals surface area (Å²) >= 11 is 0. The van der Waals surface area contributed by atoms with Crippen molar-refractivity contribution in [3.63, 3.8) is 0 Å². The summed E-state index contributed by atoms with van der Waals surface area (Å²) in [5.74, 6) is 0. The van der Waals surface area contributed by atoms with E-state index in [1.165, 1.54) is 7.11 Å². The second-order valence-corrected chi connectivity index (χ2v) is 7.31. The standard InChI is InChI=1S/C18H34O6Si/c1-7-12-15-22-25(23-16-13-8-2,24-17-14-9-3)18(19-6,20-10-4)21-11-5/h12-17H,7-11H2,1-6H3. The first-order valence-corrected chi connectivity index (χ1v) is 10.7. The van der Waals surface area contributed by atoms with Gasteiger partial charge in [-0.15, -0.1) is 0 Å². The summed E-state index contributed by atoms with van der Waals surface area (Å²) in [6.07, 6.45) is 12.7. The molecule has 0 heterocycles. The maximum absolute atomic E-state index is 5.96. The molecule has 7 heteroatoms. The zero-order valence-corrected chi connectivity index (χ0v) is 17.4. The van der Waals surface area contributed by atoms with Crippen LogP contribution < -0.4 is 0 Å². The monoisotopic (exact) mass is 374 g/mol. The Morgan fingerprint density at radius 1 is 0.680 bits per heavy atom. The highest BCUT2D eigenvalue weighted by Crippen LogP contribution is 2.32. The van der Waals surface area contributed by atoms with Gasteiger partial charge in [0.1, 0.15) is 0 Å². The molecule has 0 aliphatic carbocycles. The molecule has 0 unspecified atom stereocenters. The minimum atomic E-state index is -3.66. The van der Waals surface area contributed by atoms with Crippen LogP contribution in [0.4, 0.5) is 0 Å². The van der Waals surface area contributed by atoms with E-state index in [2.05, 4.69) is 0 Å². The van der Waals surface area contributed by atoms with Crippen molar-refractivity contribution < 1.29 is 27.5 Å². The van der Waals surface area contributed by atoms with E-state index in [1.807, 2.05) is 52.8 Å². The Balaban J connectivity index is 6.03. The van der Waals surface area contributed by atoms with Crippen molar-refractivity contribution in [1.29, 1.82) is 0 Å². The fraction of sp³-hybridized carbons (Fsp3) is 0.667. The molecule has 25 heavy (non-hydrogen) atoms. The van der Waals surface area contributed by atoms with Crippen LogP contribution in [0.1, 0.15) is 53.9 Å². The molecule has 0 radical (unpaired) electrons. The maximum Gasteiger partial charge on any atom is 0.794 e. The predicted molar refractivity (Wildman–Crippen MR) is 100 cm³/mol. The third-order valence-corrected chi connectivity index (χ3v) is 5.56. The van der Waals surface area contributed by atoms with Gasteiger partial charge in [0.05, 0.1) is 18.8 Å². The first-order chi connectivity index (χ1) is 12.1. The Bertz CT molecular complexity index is 362. The molecule has 0 aromatic heterocycles. The fourth-order valence-corrected chi connectivity index (χ4v) is 4.16. The number of ether oxygens (including phenoxy) is 3. The molecule has 0 rings (SSSR count). The number of allylic oxidation sites excluding steroid dienone is 3. The summed E-state index contributed by atoms with van der Waals surface area (Å²) in [4.78, 5) is 0. The van der Waals surface area contributed by atoms with E-state index in [4.69, 9.17) is 27.5 Å². The van der Waals surface area contributed by atoms with Gasteiger partial charge in [-0.25, -0.2) is 0 Å². The molecule has 0 amide bonds. The predicted octanol–water partition coefficient (Wildman–Crippen LogP) is 4.66. The van der Waals surface area contributed by atoms with Crippen LogP contribution >= 0.6 is 0 Å². The van der Waals surface area contributed by atoms with Gasteiger partial charge in [0.2, 0.25) is 0 Å². The number of hydrogen-bond acceptors (Lipinski definition) is 6. The average molecular weight is 375 g/mol. The largest absolute Gasteiger partial charge is 0.794 e. The van der Waals surface area contributed by atoms with Gasteiger partial charge in [-0.3, -0.25) is 0 Å². The van der Waals surface area contributed by atoms with Crippen LogP contribution in [-0.2, 0) is 27.5 Å². The lowest BCUT2D eigenvalue weighted by atomic mass is 10.5. The minimum Gasteiger partial charge on any atom is -0.486 e. The summed E-state index contributed by atoms with van der Waals surface area (Å²) in [6.45, 7) is 10.4. The van der Waals surface area contributed by atoms with Gasteiger partial charge < -0.3 is 27.5 Å².